The van der Waals surface area contributed by atoms with Crippen LogP contribution in [-0.2, 0) is 9.59 Å². The van der Waals surface area contributed by atoms with E-state index in [2.05, 4.69) is 4.90 Å². The highest BCUT2D eigenvalue weighted by Gasteiger charge is 2.28. The quantitative estimate of drug-likeness (QED) is 0.462. The Morgan fingerprint density at radius 3 is 2.19 bits per heavy atom. The second-order valence-corrected chi connectivity index (χ2v) is 8.84. The minimum Gasteiger partial charge on any atom is -0.494 e. The Morgan fingerprint density at radius 1 is 0.944 bits per heavy atom. The molecule has 194 valence electrons. The molecule has 0 aromatic heterocycles. The van der Waals surface area contributed by atoms with Crippen LogP contribution in [-0.4, -0.2) is 79.1 Å². The standard InChI is InChI=1S/C26H32FN3O3.CH2O2/c27-22-8-6-21(7-9-22)26(32)29-17-18-30(25(31)20-29)23-10-12-24(13-11-23)33-19-5-16-28-14-3-1-2-4-15-28;2-1-3/h6-13H,1-5,14-20H2;1H,(H,2,3). The van der Waals surface area contributed by atoms with Crippen molar-refractivity contribution in [2.24, 2.45) is 0 Å². The Bertz CT molecular complexity index is 976. The molecular formula is C27H34FN3O5. The monoisotopic (exact) mass is 499 g/mol. The van der Waals surface area contributed by atoms with E-state index in [-0.39, 0.29) is 24.8 Å². The van der Waals surface area contributed by atoms with Crippen molar-refractivity contribution in [1.82, 2.24) is 9.80 Å². The largest absolute Gasteiger partial charge is 0.494 e. The van der Waals surface area contributed by atoms with Crippen molar-refractivity contribution >= 4 is 24.0 Å². The van der Waals surface area contributed by atoms with Crippen LogP contribution < -0.4 is 9.64 Å². The molecule has 0 saturated carbocycles. The van der Waals surface area contributed by atoms with Gasteiger partial charge in [0.25, 0.3) is 12.4 Å². The summed E-state index contributed by atoms with van der Waals surface area (Å²) >= 11 is 0. The molecule has 9 heteroatoms. The lowest BCUT2D eigenvalue weighted by molar-refractivity contribution is -0.123. The summed E-state index contributed by atoms with van der Waals surface area (Å²) in [5.41, 5.74) is 1.18. The molecule has 2 heterocycles. The van der Waals surface area contributed by atoms with Crippen molar-refractivity contribution in [3.8, 4) is 5.75 Å². The minimum atomic E-state index is -0.391. The molecule has 4 rings (SSSR count). The van der Waals surface area contributed by atoms with E-state index in [1.807, 2.05) is 24.3 Å². The predicted molar refractivity (Wildman–Crippen MR) is 135 cm³/mol. The number of carboxylic acid groups (broad SMARTS) is 1. The van der Waals surface area contributed by atoms with Crippen molar-refractivity contribution in [3.05, 3.63) is 59.9 Å². The third kappa shape index (κ3) is 8.05. The van der Waals surface area contributed by atoms with Crippen LogP contribution in [0.5, 0.6) is 5.75 Å². The molecule has 2 aliphatic rings. The van der Waals surface area contributed by atoms with Crippen LogP contribution in [0.15, 0.2) is 48.5 Å². The molecule has 2 aromatic rings. The average Bonchev–Trinajstić information content (AvgIpc) is 3.16. The molecule has 0 aliphatic carbocycles. The average molecular weight is 500 g/mol. The maximum absolute atomic E-state index is 13.1. The minimum absolute atomic E-state index is 0.00492. The number of hydrogen-bond acceptors (Lipinski definition) is 5. The van der Waals surface area contributed by atoms with Gasteiger partial charge >= 0.3 is 0 Å². The molecule has 2 saturated heterocycles. The van der Waals surface area contributed by atoms with Gasteiger partial charge in [-0.3, -0.25) is 14.4 Å². The number of ether oxygens (including phenoxy) is 1. The number of likely N-dealkylation sites (tertiary alicyclic amines) is 1. The highest BCUT2D eigenvalue weighted by Crippen LogP contribution is 2.22. The number of hydrogen-bond donors (Lipinski definition) is 1. The number of anilines is 1. The molecule has 0 bridgehead atoms. The van der Waals surface area contributed by atoms with Crippen LogP contribution in [0.4, 0.5) is 10.1 Å². The van der Waals surface area contributed by atoms with Gasteiger partial charge in [-0.25, -0.2) is 4.39 Å². The highest BCUT2D eigenvalue weighted by molar-refractivity contribution is 6.01. The number of carbonyl (C=O) groups excluding carboxylic acids is 2. The van der Waals surface area contributed by atoms with Crippen LogP contribution in [0.3, 0.4) is 0 Å². The lowest BCUT2D eigenvalue weighted by Crippen LogP contribution is -2.52. The second-order valence-electron chi connectivity index (χ2n) is 8.84. The summed E-state index contributed by atoms with van der Waals surface area (Å²) < 4.78 is 19.0. The first-order valence-electron chi connectivity index (χ1n) is 12.4. The second kappa shape index (κ2) is 14.2. The van der Waals surface area contributed by atoms with Crippen molar-refractivity contribution in [2.75, 3.05) is 50.8 Å². The van der Waals surface area contributed by atoms with Crippen molar-refractivity contribution in [3.63, 3.8) is 0 Å². The number of benzene rings is 2. The first-order chi connectivity index (χ1) is 17.5. The molecule has 0 atom stereocenters. The van der Waals surface area contributed by atoms with Gasteiger partial charge in [-0.05, 0) is 80.9 Å². The summed E-state index contributed by atoms with van der Waals surface area (Å²) in [4.78, 5) is 39.4. The van der Waals surface area contributed by atoms with Gasteiger partial charge in [-0.2, -0.15) is 0 Å². The number of rotatable bonds is 7. The zero-order valence-electron chi connectivity index (χ0n) is 20.5. The smallest absolute Gasteiger partial charge is 0.290 e. The van der Waals surface area contributed by atoms with Crippen LogP contribution >= 0.6 is 0 Å². The molecular weight excluding hydrogens is 465 g/mol. The first-order valence-corrected chi connectivity index (χ1v) is 12.4. The summed E-state index contributed by atoms with van der Waals surface area (Å²) in [6.45, 7) is 4.76. The van der Waals surface area contributed by atoms with Crippen LogP contribution in [0.25, 0.3) is 0 Å². The van der Waals surface area contributed by atoms with E-state index < -0.39 is 5.82 Å². The first kappa shape index (κ1) is 27.1. The number of halogens is 1. The van der Waals surface area contributed by atoms with Crippen molar-refractivity contribution in [1.29, 1.82) is 0 Å². The molecule has 1 N–H and O–H groups in total. The SMILES string of the molecule is O=C(c1ccc(F)cc1)N1CCN(c2ccc(OCCCN3CCCCCC3)cc2)C(=O)C1.O=CO. The van der Waals surface area contributed by atoms with E-state index in [1.54, 1.807) is 4.90 Å². The van der Waals surface area contributed by atoms with Gasteiger partial charge < -0.3 is 24.5 Å². The van der Waals surface area contributed by atoms with Gasteiger partial charge in [0.2, 0.25) is 5.91 Å². The summed E-state index contributed by atoms with van der Waals surface area (Å²) in [6, 6.07) is 13.0. The summed E-state index contributed by atoms with van der Waals surface area (Å²) in [6.07, 6.45) is 6.30. The van der Waals surface area contributed by atoms with E-state index in [0.29, 0.717) is 25.3 Å². The van der Waals surface area contributed by atoms with Gasteiger partial charge in [-0.15, -0.1) is 0 Å². The van der Waals surface area contributed by atoms with E-state index in [9.17, 15) is 14.0 Å². The Morgan fingerprint density at radius 2 is 1.58 bits per heavy atom. The van der Waals surface area contributed by atoms with E-state index in [0.717, 1.165) is 24.4 Å². The maximum atomic E-state index is 13.1. The molecule has 2 aromatic carbocycles. The van der Waals surface area contributed by atoms with Crippen molar-refractivity contribution in [2.45, 2.75) is 32.1 Å². The van der Waals surface area contributed by atoms with Gasteiger partial charge in [-0.1, -0.05) is 12.8 Å². The van der Waals surface area contributed by atoms with Gasteiger partial charge in [0.15, 0.2) is 0 Å². The van der Waals surface area contributed by atoms with Crippen LogP contribution in [0.1, 0.15) is 42.5 Å². The molecule has 2 fully saturated rings. The summed E-state index contributed by atoms with van der Waals surface area (Å²) in [7, 11) is 0. The molecule has 0 spiro atoms. The lowest BCUT2D eigenvalue weighted by atomic mass is 10.1. The Hall–Kier alpha value is -3.46. The fraction of sp³-hybridized carbons (Fsp3) is 0.444. The van der Waals surface area contributed by atoms with Crippen LogP contribution in [0.2, 0.25) is 0 Å². The van der Waals surface area contributed by atoms with E-state index in [4.69, 9.17) is 14.6 Å². The fourth-order valence-corrected chi connectivity index (χ4v) is 4.45. The zero-order valence-corrected chi connectivity index (χ0v) is 20.5. The van der Waals surface area contributed by atoms with Crippen molar-refractivity contribution < 1.29 is 28.6 Å². The van der Waals surface area contributed by atoms with Crippen LogP contribution in [0, 0.1) is 5.82 Å². The molecule has 2 amide bonds. The summed E-state index contributed by atoms with van der Waals surface area (Å²) in [5.74, 6) is 0.0132. The number of amides is 2. The fourth-order valence-electron chi connectivity index (χ4n) is 4.45. The van der Waals surface area contributed by atoms with Gasteiger partial charge in [0.1, 0.15) is 18.1 Å². The zero-order chi connectivity index (χ0) is 25.8. The number of piperazine rings is 1. The number of carbonyl (C=O) groups is 3. The molecule has 0 radical (unpaired) electrons. The van der Waals surface area contributed by atoms with Gasteiger partial charge in [0.05, 0.1) is 6.61 Å². The highest BCUT2D eigenvalue weighted by atomic mass is 19.1. The third-order valence-corrected chi connectivity index (χ3v) is 6.33. The Kier molecular flexibility index (Phi) is 10.7. The predicted octanol–water partition coefficient (Wildman–Crippen LogP) is 3.66. The number of nitrogens with zero attached hydrogens (tertiary/aromatic N) is 3. The maximum Gasteiger partial charge on any atom is 0.290 e. The van der Waals surface area contributed by atoms with E-state index in [1.165, 1.54) is 67.9 Å². The molecule has 2 aliphatic heterocycles. The lowest BCUT2D eigenvalue weighted by Gasteiger charge is -2.34. The third-order valence-electron chi connectivity index (χ3n) is 6.33. The topological polar surface area (TPSA) is 90.4 Å². The molecule has 8 nitrogen and oxygen atoms in total. The Labute approximate surface area is 211 Å². The van der Waals surface area contributed by atoms with Gasteiger partial charge in [0, 0.05) is 30.9 Å². The normalized spacial score (nSPS) is 16.5. The summed E-state index contributed by atoms with van der Waals surface area (Å²) in [5, 5.41) is 6.89. The van der Waals surface area contributed by atoms with E-state index >= 15 is 0 Å². The Balaban J connectivity index is 0.00000115. The molecule has 0 unspecified atom stereocenters. The molecule has 36 heavy (non-hydrogen) atoms.